The van der Waals surface area contributed by atoms with Gasteiger partial charge in [0.25, 0.3) is 0 Å². The number of halogens is 1. The van der Waals surface area contributed by atoms with Crippen LogP contribution in [0.4, 0.5) is 0 Å². The summed E-state index contributed by atoms with van der Waals surface area (Å²) in [6.45, 7) is 4.51. The van der Waals surface area contributed by atoms with Crippen molar-refractivity contribution in [1.29, 1.82) is 0 Å². The SMILES string of the molecule is CC1CC(C)C(Cl)C1. The van der Waals surface area contributed by atoms with Gasteiger partial charge in [0.2, 0.25) is 0 Å². The Morgan fingerprint density at radius 3 is 2.00 bits per heavy atom. The summed E-state index contributed by atoms with van der Waals surface area (Å²) in [6, 6.07) is 0. The molecule has 3 unspecified atom stereocenters. The highest BCUT2D eigenvalue weighted by atomic mass is 35.5. The van der Waals surface area contributed by atoms with Crippen LogP contribution in [0.1, 0.15) is 26.7 Å². The Morgan fingerprint density at radius 2 is 1.88 bits per heavy atom. The second-order valence-corrected chi connectivity index (χ2v) is 3.63. The quantitative estimate of drug-likeness (QED) is 0.445. The van der Waals surface area contributed by atoms with Gasteiger partial charge >= 0.3 is 0 Å². The van der Waals surface area contributed by atoms with E-state index in [1.807, 2.05) is 0 Å². The van der Waals surface area contributed by atoms with Crippen LogP contribution in [0.3, 0.4) is 0 Å². The lowest BCUT2D eigenvalue weighted by molar-refractivity contribution is 0.556. The van der Waals surface area contributed by atoms with Gasteiger partial charge in [-0.05, 0) is 24.7 Å². The first-order chi connectivity index (χ1) is 3.70. The topological polar surface area (TPSA) is 0 Å². The zero-order chi connectivity index (χ0) is 6.15. The van der Waals surface area contributed by atoms with Crippen molar-refractivity contribution in [2.24, 2.45) is 11.8 Å². The normalized spacial score (nSPS) is 47.6. The summed E-state index contributed by atoms with van der Waals surface area (Å²) < 4.78 is 0. The molecule has 1 heteroatoms. The maximum atomic E-state index is 5.96. The zero-order valence-corrected chi connectivity index (χ0v) is 6.28. The molecule has 8 heavy (non-hydrogen) atoms. The van der Waals surface area contributed by atoms with Crippen LogP contribution >= 0.6 is 11.6 Å². The third-order valence-corrected chi connectivity index (χ3v) is 2.63. The van der Waals surface area contributed by atoms with Crippen molar-refractivity contribution in [3.63, 3.8) is 0 Å². The fraction of sp³-hybridized carbons (Fsp3) is 1.00. The Kier molecular flexibility index (Phi) is 1.81. The Labute approximate surface area is 56.2 Å². The molecule has 1 fully saturated rings. The summed E-state index contributed by atoms with van der Waals surface area (Å²) in [5.41, 5.74) is 0. The molecule has 0 amide bonds. The van der Waals surface area contributed by atoms with Crippen LogP contribution in [0.5, 0.6) is 0 Å². The maximum Gasteiger partial charge on any atom is 0.0364 e. The molecule has 1 saturated carbocycles. The van der Waals surface area contributed by atoms with Crippen molar-refractivity contribution in [1.82, 2.24) is 0 Å². The Hall–Kier alpha value is 0.290. The summed E-state index contributed by atoms with van der Waals surface area (Å²) in [5, 5.41) is 0.463. The van der Waals surface area contributed by atoms with Gasteiger partial charge in [0.15, 0.2) is 0 Å². The minimum atomic E-state index is 0.463. The van der Waals surface area contributed by atoms with Crippen molar-refractivity contribution >= 4 is 11.6 Å². The summed E-state index contributed by atoms with van der Waals surface area (Å²) in [6.07, 6.45) is 2.55. The highest BCUT2D eigenvalue weighted by Crippen LogP contribution is 2.33. The van der Waals surface area contributed by atoms with E-state index in [2.05, 4.69) is 13.8 Å². The van der Waals surface area contributed by atoms with Gasteiger partial charge in [-0.25, -0.2) is 0 Å². The van der Waals surface area contributed by atoms with E-state index in [0.717, 1.165) is 11.8 Å². The molecule has 3 atom stereocenters. The molecule has 1 rings (SSSR count). The van der Waals surface area contributed by atoms with Crippen LogP contribution in [0.25, 0.3) is 0 Å². The summed E-state index contributed by atoms with van der Waals surface area (Å²) in [7, 11) is 0. The molecule has 0 heterocycles. The molecule has 0 aliphatic heterocycles. The average molecular weight is 133 g/mol. The van der Waals surface area contributed by atoms with Crippen LogP contribution in [0.15, 0.2) is 0 Å². The van der Waals surface area contributed by atoms with Gasteiger partial charge in [0.1, 0.15) is 0 Å². The number of alkyl halides is 1. The second-order valence-electron chi connectivity index (χ2n) is 3.07. The third-order valence-electron chi connectivity index (χ3n) is 2.02. The maximum absolute atomic E-state index is 5.96. The minimum Gasteiger partial charge on any atom is -0.123 e. The second kappa shape index (κ2) is 2.26. The van der Waals surface area contributed by atoms with E-state index < -0.39 is 0 Å². The fourth-order valence-electron chi connectivity index (χ4n) is 1.50. The molecule has 0 nitrogen and oxygen atoms in total. The number of hydrogen-bond donors (Lipinski definition) is 0. The molecular formula is C7H13Cl. The van der Waals surface area contributed by atoms with Crippen molar-refractivity contribution in [2.75, 3.05) is 0 Å². The molecule has 0 spiro atoms. The van der Waals surface area contributed by atoms with Crippen LogP contribution in [0, 0.1) is 11.8 Å². The minimum absolute atomic E-state index is 0.463. The first-order valence-electron chi connectivity index (χ1n) is 3.34. The van der Waals surface area contributed by atoms with Crippen molar-refractivity contribution in [3.8, 4) is 0 Å². The standard InChI is InChI=1S/C7H13Cl/c1-5-3-6(2)7(8)4-5/h5-7H,3-4H2,1-2H3. The van der Waals surface area contributed by atoms with Crippen molar-refractivity contribution < 1.29 is 0 Å². The Bertz CT molecular complexity index is 70.5. The zero-order valence-electron chi connectivity index (χ0n) is 5.52. The molecule has 1 aliphatic rings. The van der Waals surface area contributed by atoms with E-state index in [1.165, 1.54) is 12.8 Å². The average Bonchev–Trinajstić information content (AvgIpc) is 1.85. The van der Waals surface area contributed by atoms with Gasteiger partial charge in [-0.1, -0.05) is 13.8 Å². The Balaban J connectivity index is 2.39. The predicted octanol–water partition coefficient (Wildman–Crippen LogP) is 2.66. The molecule has 0 aromatic heterocycles. The summed E-state index contributed by atoms with van der Waals surface area (Å²) >= 11 is 5.96. The lowest BCUT2D eigenvalue weighted by atomic mass is 10.1. The first kappa shape index (κ1) is 6.41. The van der Waals surface area contributed by atoms with E-state index in [4.69, 9.17) is 11.6 Å². The molecule has 0 aromatic carbocycles. The third kappa shape index (κ3) is 1.17. The van der Waals surface area contributed by atoms with Gasteiger partial charge in [0.05, 0.1) is 0 Å². The number of hydrogen-bond acceptors (Lipinski definition) is 0. The van der Waals surface area contributed by atoms with Crippen molar-refractivity contribution in [2.45, 2.75) is 32.1 Å². The van der Waals surface area contributed by atoms with Gasteiger partial charge in [-0.15, -0.1) is 11.6 Å². The van der Waals surface area contributed by atoms with E-state index in [9.17, 15) is 0 Å². The molecular weight excluding hydrogens is 120 g/mol. The monoisotopic (exact) mass is 132 g/mol. The first-order valence-corrected chi connectivity index (χ1v) is 3.78. The van der Waals surface area contributed by atoms with E-state index >= 15 is 0 Å². The van der Waals surface area contributed by atoms with Crippen LogP contribution < -0.4 is 0 Å². The molecule has 0 radical (unpaired) electrons. The lowest BCUT2D eigenvalue weighted by Gasteiger charge is -2.02. The molecule has 0 bridgehead atoms. The molecule has 48 valence electrons. The van der Waals surface area contributed by atoms with Crippen molar-refractivity contribution in [3.05, 3.63) is 0 Å². The number of rotatable bonds is 0. The van der Waals surface area contributed by atoms with Crippen LogP contribution in [-0.4, -0.2) is 5.38 Å². The molecule has 0 N–H and O–H groups in total. The highest BCUT2D eigenvalue weighted by molar-refractivity contribution is 6.20. The molecule has 1 aliphatic carbocycles. The van der Waals surface area contributed by atoms with E-state index in [0.29, 0.717) is 5.38 Å². The molecule has 0 aromatic rings. The van der Waals surface area contributed by atoms with E-state index in [1.54, 1.807) is 0 Å². The van der Waals surface area contributed by atoms with Gasteiger partial charge in [-0.3, -0.25) is 0 Å². The smallest absolute Gasteiger partial charge is 0.0364 e. The largest absolute Gasteiger partial charge is 0.123 e. The summed E-state index contributed by atoms with van der Waals surface area (Å²) in [5.74, 6) is 1.62. The predicted molar refractivity (Wildman–Crippen MR) is 37.2 cm³/mol. The van der Waals surface area contributed by atoms with Gasteiger partial charge in [0, 0.05) is 5.38 Å². The fourth-order valence-corrected chi connectivity index (χ4v) is 1.90. The Morgan fingerprint density at radius 1 is 1.25 bits per heavy atom. The highest BCUT2D eigenvalue weighted by Gasteiger charge is 2.26. The van der Waals surface area contributed by atoms with Crippen LogP contribution in [0.2, 0.25) is 0 Å². The van der Waals surface area contributed by atoms with Gasteiger partial charge < -0.3 is 0 Å². The van der Waals surface area contributed by atoms with E-state index in [-0.39, 0.29) is 0 Å². The van der Waals surface area contributed by atoms with Gasteiger partial charge in [-0.2, -0.15) is 0 Å². The lowest BCUT2D eigenvalue weighted by Crippen LogP contribution is -1.99. The van der Waals surface area contributed by atoms with Crippen LogP contribution in [-0.2, 0) is 0 Å². The summed E-state index contributed by atoms with van der Waals surface area (Å²) in [4.78, 5) is 0. The molecule has 0 saturated heterocycles.